The van der Waals surface area contributed by atoms with Crippen LogP contribution >= 0.6 is 11.8 Å². The Morgan fingerprint density at radius 2 is 1.80 bits per heavy atom. The smallest absolute Gasteiger partial charge is 0.0532 e. The van der Waals surface area contributed by atoms with Gasteiger partial charge in [-0.1, -0.05) is 51.9 Å². The summed E-state index contributed by atoms with van der Waals surface area (Å²) in [5.41, 5.74) is 0. The van der Waals surface area contributed by atoms with Crippen LogP contribution in [-0.2, 0) is 0 Å². The molecule has 1 nitrogen and oxygen atoms in total. The van der Waals surface area contributed by atoms with Gasteiger partial charge in [0.05, 0.1) is 5.37 Å². The van der Waals surface area contributed by atoms with Crippen LogP contribution in [-0.4, -0.2) is 17.7 Å². The first-order valence-electron chi connectivity index (χ1n) is 6.78. The van der Waals surface area contributed by atoms with E-state index in [0.29, 0.717) is 0 Å². The third kappa shape index (κ3) is 7.24. The first kappa shape index (κ1) is 13.4. The molecular formula is C13H27NS. The molecule has 1 rings (SSSR count). The van der Waals surface area contributed by atoms with Crippen molar-refractivity contribution in [3.8, 4) is 0 Å². The third-order valence-corrected chi connectivity index (χ3v) is 4.41. The molecule has 1 unspecified atom stereocenters. The second-order valence-electron chi connectivity index (χ2n) is 4.58. The highest BCUT2D eigenvalue weighted by molar-refractivity contribution is 7.99. The van der Waals surface area contributed by atoms with E-state index in [1.165, 1.54) is 70.1 Å². The van der Waals surface area contributed by atoms with Crippen molar-refractivity contribution in [1.29, 1.82) is 0 Å². The highest BCUT2D eigenvalue weighted by Gasteiger charge is 2.11. The molecule has 1 N–H and O–H groups in total. The van der Waals surface area contributed by atoms with Crippen molar-refractivity contribution in [3.05, 3.63) is 0 Å². The number of hydrogen-bond acceptors (Lipinski definition) is 2. The standard InChI is InChI=1S/C13H27NS/c1-2-3-4-5-6-7-8-10-13-14-11-9-12-15-13/h13-14H,2-12H2,1H3. The highest BCUT2D eigenvalue weighted by Crippen LogP contribution is 2.20. The quantitative estimate of drug-likeness (QED) is 0.627. The minimum atomic E-state index is 0.773. The van der Waals surface area contributed by atoms with Crippen LogP contribution in [0.25, 0.3) is 0 Å². The molecule has 0 aliphatic carbocycles. The Labute approximate surface area is 99.8 Å². The lowest BCUT2D eigenvalue weighted by Gasteiger charge is -2.22. The fraction of sp³-hybridized carbons (Fsp3) is 1.00. The topological polar surface area (TPSA) is 12.0 Å². The van der Waals surface area contributed by atoms with E-state index < -0.39 is 0 Å². The van der Waals surface area contributed by atoms with E-state index in [2.05, 4.69) is 24.0 Å². The van der Waals surface area contributed by atoms with Gasteiger partial charge in [0.15, 0.2) is 0 Å². The molecule has 0 bridgehead atoms. The maximum atomic E-state index is 3.59. The Morgan fingerprint density at radius 1 is 1.07 bits per heavy atom. The van der Waals surface area contributed by atoms with Crippen molar-refractivity contribution >= 4 is 11.8 Å². The van der Waals surface area contributed by atoms with E-state index in [-0.39, 0.29) is 0 Å². The van der Waals surface area contributed by atoms with Crippen LogP contribution in [0.4, 0.5) is 0 Å². The van der Waals surface area contributed by atoms with Gasteiger partial charge >= 0.3 is 0 Å². The fourth-order valence-corrected chi connectivity index (χ4v) is 3.26. The van der Waals surface area contributed by atoms with Crippen molar-refractivity contribution in [2.75, 3.05) is 12.3 Å². The molecule has 0 amide bonds. The number of thioether (sulfide) groups is 1. The van der Waals surface area contributed by atoms with Crippen molar-refractivity contribution in [2.24, 2.45) is 0 Å². The largest absolute Gasteiger partial charge is 0.305 e. The normalized spacial score (nSPS) is 21.8. The van der Waals surface area contributed by atoms with Crippen molar-refractivity contribution < 1.29 is 0 Å². The minimum Gasteiger partial charge on any atom is -0.305 e. The van der Waals surface area contributed by atoms with Crippen LogP contribution in [0.3, 0.4) is 0 Å². The monoisotopic (exact) mass is 229 g/mol. The third-order valence-electron chi connectivity index (χ3n) is 3.08. The summed E-state index contributed by atoms with van der Waals surface area (Å²) in [5.74, 6) is 1.37. The number of rotatable bonds is 8. The summed E-state index contributed by atoms with van der Waals surface area (Å²) in [6.45, 7) is 3.53. The Hall–Kier alpha value is 0.310. The summed E-state index contributed by atoms with van der Waals surface area (Å²) in [4.78, 5) is 0. The predicted octanol–water partition coefficient (Wildman–Crippen LogP) is 4.18. The van der Waals surface area contributed by atoms with Crippen LogP contribution in [0.5, 0.6) is 0 Å². The molecule has 90 valence electrons. The van der Waals surface area contributed by atoms with E-state index in [1.807, 2.05) is 0 Å². The molecule has 0 radical (unpaired) electrons. The molecule has 2 heteroatoms. The van der Waals surface area contributed by atoms with Gasteiger partial charge in [0.2, 0.25) is 0 Å². The lowest BCUT2D eigenvalue weighted by atomic mass is 10.1. The lowest BCUT2D eigenvalue weighted by Crippen LogP contribution is -2.31. The second-order valence-corrected chi connectivity index (χ2v) is 5.89. The second kappa shape index (κ2) is 9.53. The van der Waals surface area contributed by atoms with Crippen LogP contribution < -0.4 is 5.32 Å². The van der Waals surface area contributed by atoms with Gasteiger partial charge in [-0.05, 0) is 25.1 Å². The Kier molecular flexibility index (Phi) is 8.50. The maximum absolute atomic E-state index is 3.59. The Bertz CT molecular complexity index is 132. The average molecular weight is 229 g/mol. The lowest BCUT2D eigenvalue weighted by molar-refractivity contribution is 0.529. The van der Waals surface area contributed by atoms with E-state index >= 15 is 0 Å². The van der Waals surface area contributed by atoms with E-state index in [0.717, 1.165) is 5.37 Å². The van der Waals surface area contributed by atoms with Crippen LogP contribution in [0.2, 0.25) is 0 Å². The summed E-state index contributed by atoms with van der Waals surface area (Å²) in [6, 6.07) is 0. The van der Waals surface area contributed by atoms with Crippen LogP contribution in [0.15, 0.2) is 0 Å². The van der Waals surface area contributed by atoms with Gasteiger partial charge in [-0.2, -0.15) is 0 Å². The minimum absolute atomic E-state index is 0.773. The molecule has 1 atom stereocenters. The molecule has 15 heavy (non-hydrogen) atoms. The molecule has 0 aromatic carbocycles. The molecule has 1 fully saturated rings. The van der Waals surface area contributed by atoms with Gasteiger partial charge in [0.25, 0.3) is 0 Å². The molecule has 1 saturated heterocycles. The Morgan fingerprint density at radius 3 is 2.47 bits per heavy atom. The van der Waals surface area contributed by atoms with E-state index in [1.54, 1.807) is 0 Å². The highest BCUT2D eigenvalue weighted by atomic mass is 32.2. The number of unbranched alkanes of at least 4 members (excludes halogenated alkanes) is 6. The summed E-state index contributed by atoms with van der Waals surface area (Å²) < 4.78 is 0. The zero-order chi connectivity index (χ0) is 10.8. The zero-order valence-electron chi connectivity index (χ0n) is 10.3. The van der Waals surface area contributed by atoms with Crippen LogP contribution in [0.1, 0.15) is 64.7 Å². The first-order valence-corrected chi connectivity index (χ1v) is 7.83. The molecule has 0 saturated carbocycles. The summed E-state index contributed by atoms with van der Waals surface area (Å²) in [6.07, 6.45) is 12.8. The molecule has 1 aliphatic rings. The van der Waals surface area contributed by atoms with Gasteiger partial charge in [-0.15, -0.1) is 11.8 Å². The molecule has 0 spiro atoms. The molecule has 1 aliphatic heterocycles. The molecule has 0 aromatic rings. The van der Waals surface area contributed by atoms with Gasteiger partial charge in [0.1, 0.15) is 0 Å². The van der Waals surface area contributed by atoms with Gasteiger partial charge in [0, 0.05) is 0 Å². The maximum Gasteiger partial charge on any atom is 0.0532 e. The fourth-order valence-electron chi connectivity index (χ4n) is 2.09. The molecular weight excluding hydrogens is 202 g/mol. The SMILES string of the molecule is CCCCCCCCCC1NCCCS1. The van der Waals surface area contributed by atoms with Gasteiger partial charge in [-0.25, -0.2) is 0 Å². The summed E-state index contributed by atoms with van der Waals surface area (Å²) in [5, 5.41) is 4.37. The van der Waals surface area contributed by atoms with Crippen LogP contribution in [0, 0.1) is 0 Å². The summed E-state index contributed by atoms with van der Waals surface area (Å²) in [7, 11) is 0. The van der Waals surface area contributed by atoms with Crippen molar-refractivity contribution in [3.63, 3.8) is 0 Å². The zero-order valence-corrected chi connectivity index (χ0v) is 11.1. The number of hydrogen-bond donors (Lipinski definition) is 1. The van der Waals surface area contributed by atoms with Crippen molar-refractivity contribution in [2.45, 2.75) is 70.1 Å². The van der Waals surface area contributed by atoms with Gasteiger partial charge < -0.3 is 5.32 Å². The predicted molar refractivity (Wildman–Crippen MR) is 71.5 cm³/mol. The average Bonchev–Trinajstić information content (AvgIpc) is 2.29. The Balaban J connectivity index is 1.79. The molecule has 0 aromatic heterocycles. The number of nitrogens with one attached hydrogen (secondary N) is 1. The van der Waals surface area contributed by atoms with Gasteiger partial charge in [-0.3, -0.25) is 0 Å². The van der Waals surface area contributed by atoms with Crippen molar-refractivity contribution in [1.82, 2.24) is 5.32 Å². The van der Waals surface area contributed by atoms with E-state index in [4.69, 9.17) is 0 Å². The summed E-state index contributed by atoms with van der Waals surface area (Å²) >= 11 is 2.12. The van der Waals surface area contributed by atoms with E-state index in [9.17, 15) is 0 Å². The first-order chi connectivity index (χ1) is 7.43. The molecule has 1 heterocycles.